The van der Waals surface area contributed by atoms with Crippen LogP contribution in [0.15, 0.2) is 36.5 Å². The summed E-state index contributed by atoms with van der Waals surface area (Å²) in [5.41, 5.74) is 2.19. The summed E-state index contributed by atoms with van der Waals surface area (Å²) in [6.45, 7) is 5.50. The Hall–Kier alpha value is -2.76. The molecule has 0 aliphatic carbocycles. The number of nitrogens with one attached hydrogen (secondary N) is 1. The number of fused-ring (bicyclic) bond motifs is 1. The van der Waals surface area contributed by atoms with Crippen molar-refractivity contribution in [2.75, 3.05) is 19.6 Å². The first-order valence-electron chi connectivity index (χ1n) is 9.52. The van der Waals surface area contributed by atoms with Crippen LogP contribution in [0.3, 0.4) is 0 Å². The highest BCUT2D eigenvalue weighted by Crippen LogP contribution is 2.20. The normalized spacial score (nSPS) is 14.0. The van der Waals surface area contributed by atoms with Gasteiger partial charge in [-0.25, -0.2) is 9.97 Å². The number of rotatable bonds is 6. The van der Waals surface area contributed by atoms with Crippen molar-refractivity contribution >= 4 is 11.8 Å². The zero-order valence-electron chi connectivity index (χ0n) is 15.9. The number of hydrogen-bond acceptors (Lipinski definition) is 4. The van der Waals surface area contributed by atoms with Gasteiger partial charge in [-0.15, -0.1) is 0 Å². The predicted molar refractivity (Wildman–Crippen MR) is 104 cm³/mol. The SMILES string of the molecule is CC(C)CCNC(=O)CN1CCCc2nc(-c3ccccc3)ncc2C1=O. The summed E-state index contributed by atoms with van der Waals surface area (Å²) >= 11 is 0. The van der Waals surface area contributed by atoms with Gasteiger partial charge < -0.3 is 10.2 Å². The lowest BCUT2D eigenvalue weighted by Crippen LogP contribution is -2.41. The number of carbonyl (C=O) groups excluding carboxylic acids is 2. The average Bonchev–Trinajstić information content (AvgIpc) is 2.81. The van der Waals surface area contributed by atoms with Crippen LogP contribution in [0.2, 0.25) is 0 Å². The quantitative estimate of drug-likeness (QED) is 0.853. The smallest absolute Gasteiger partial charge is 0.257 e. The summed E-state index contributed by atoms with van der Waals surface area (Å²) in [6.07, 6.45) is 4.01. The van der Waals surface area contributed by atoms with Gasteiger partial charge in [-0.1, -0.05) is 44.2 Å². The highest BCUT2D eigenvalue weighted by atomic mass is 16.2. The largest absolute Gasteiger partial charge is 0.355 e. The number of nitrogens with zero attached hydrogens (tertiary/aromatic N) is 3. The van der Waals surface area contributed by atoms with Crippen LogP contribution in [-0.4, -0.2) is 46.3 Å². The molecule has 2 heterocycles. The summed E-state index contributed by atoms with van der Waals surface area (Å²) in [4.78, 5) is 35.6. The van der Waals surface area contributed by atoms with E-state index in [1.807, 2.05) is 30.3 Å². The lowest BCUT2D eigenvalue weighted by atomic mass is 10.1. The topological polar surface area (TPSA) is 75.2 Å². The second-order valence-electron chi connectivity index (χ2n) is 7.28. The maximum absolute atomic E-state index is 12.9. The molecule has 0 saturated carbocycles. The Balaban J connectivity index is 1.71. The first kappa shape index (κ1) is 19.0. The molecule has 1 aliphatic heterocycles. The summed E-state index contributed by atoms with van der Waals surface area (Å²) in [6, 6.07) is 9.73. The van der Waals surface area contributed by atoms with Gasteiger partial charge in [0.2, 0.25) is 5.91 Å². The molecule has 27 heavy (non-hydrogen) atoms. The van der Waals surface area contributed by atoms with Crippen molar-refractivity contribution < 1.29 is 9.59 Å². The van der Waals surface area contributed by atoms with E-state index >= 15 is 0 Å². The van der Waals surface area contributed by atoms with Crippen molar-refractivity contribution in [3.63, 3.8) is 0 Å². The van der Waals surface area contributed by atoms with Crippen LogP contribution >= 0.6 is 0 Å². The average molecular weight is 366 g/mol. The van der Waals surface area contributed by atoms with Gasteiger partial charge in [0, 0.05) is 24.8 Å². The summed E-state index contributed by atoms with van der Waals surface area (Å²) in [5, 5.41) is 2.89. The number of amides is 2. The second kappa shape index (κ2) is 8.75. The molecule has 2 amide bonds. The zero-order valence-corrected chi connectivity index (χ0v) is 15.9. The highest BCUT2D eigenvalue weighted by molar-refractivity contribution is 5.97. The molecular weight excluding hydrogens is 340 g/mol. The van der Waals surface area contributed by atoms with E-state index in [0.29, 0.717) is 36.8 Å². The molecule has 0 spiro atoms. The molecule has 142 valence electrons. The van der Waals surface area contributed by atoms with Gasteiger partial charge >= 0.3 is 0 Å². The molecule has 1 N–H and O–H groups in total. The van der Waals surface area contributed by atoms with Gasteiger partial charge in [0.15, 0.2) is 5.82 Å². The fourth-order valence-corrected chi connectivity index (χ4v) is 3.10. The van der Waals surface area contributed by atoms with E-state index in [1.54, 1.807) is 11.1 Å². The van der Waals surface area contributed by atoms with Gasteiger partial charge in [0.25, 0.3) is 5.91 Å². The van der Waals surface area contributed by atoms with Crippen molar-refractivity contribution in [3.8, 4) is 11.4 Å². The Labute approximate surface area is 160 Å². The Bertz CT molecular complexity index is 805. The Morgan fingerprint density at radius 3 is 2.78 bits per heavy atom. The van der Waals surface area contributed by atoms with Crippen LogP contribution in [0.4, 0.5) is 0 Å². The van der Waals surface area contributed by atoms with E-state index in [-0.39, 0.29) is 18.4 Å². The van der Waals surface area contributed by atoms with Gasteiger partial charge in [-0.3, -0.25) is 9.59 Å². The van der Waals surface area contributed by atoms with Crippen molar-refractivity contribution in [1.29, 1.82) is 0 Å². The molecule has 6 nitrogen and oxygen atoms in total. The number of carbonyl (C=O) groups is 2. The molecule has 0 fully saturated rings. The second-order valence-corrected chi connectivity index (χ2v) is 7.28. The molecule has 1 aromatic carbocycles. The van der Waals surface area contributed by atoms with Crippen LogP contribution in [-0.2, 0) is 11.2 Å². The Kier molecular flexibility index (Phi) is 6.16. The standard InChI is InChI=1S/C21H26N4O2/c1-15(2)10-11-22-19(26)14-25-12-6-9-18-17(21(25)27)13-23-20(24-18)16-7-4-3-5-8-16/h3-5,7-8,13,15H,6,9-12,14H2,1-2H3,(H,22,26). The van der Waals surface area contributed by atoms with Crippen molar-refractivity contribution in [3.05, 3.63) is 47.8 Å². The molecule has 0 saturated heterocycles. The number of aromatic nitrogens is 2. The molecule has 0 radical (unpaired) electrons. The van der Waals surface area contributed by atoms with Gasteiger partial charge in [-0.2, -0.15) is 0 Å². The van der Waals surface area contributed by atoms with Crippen LogP contribution in [0.1, 0.15) is 42.7 Å². The number of benzene rings is 1. The molecule has 3 rings (SSSR count). The molecule has 0 unspecified atom stereocenters. The zero-order chi connectivity index (χ0) is 19.2. The van der Waals surface area contributed by atoms with E-state index in [0.717, 1.165) is 24.1 Å². The van der Waals surface area contributed by atoms with Crippen molar-refractivity contribution in [2.24, 2.45) is 5.92 Å². The van der Waals surface area contributed by atoms with Crippen LogP contribution in [0, 0.1) is 5.92 Å². The van der Waals surface area contributed by atoms with Crippen molar-refractivity contribution in [2.45, 2.75) is 33.1 Å². The predicted octanol–water partition coefficient (Wildman–Crippen LogP) is 2.69. The minimum atomic E-state index is -0.166. The lowest BCUT2D eigenvalue weighted by molar-refractivity contribution is -0.121. The molecule has 6 heteroatoms. The first-order valence-corrected chi connectivity index (χ1v) is 9.52. The van der Waals surface area contributed by atoms with E-state index in [2.05, 4.69) is 29.1 Å². The number of hydrogen-bond donors (Lipinski definition) is 1. The van der Waals surface area contributed by atoms with E-state index in [9.17, 15) is 9.59 Å². The number of aryl methyl sites for hydroxylation is 1. The van der Waals surface area contributed by atoms with Gasteiger partial charge in [0.1, 0.15) is 0 Å². The summed E-state index contributed by atoms with van der Waals surface area (Å²) < 4.78 is 0. The van der Waals surface area contributed by atoms with E-state index in [4.69, 9.17) is 0 Å². The third-order valence-corrected chi connectivity index (χ3v) is 4.64. The fraction of sp³-hybridized carbons (Fsp3) is 0.429. The van der Waals surface area contributed by atoms with Gasteiger partial charge in [0.05, 0.1) is 17.8 Å². The fourth-order valence-electron chi connectivity index (χ4n) is 3.10. The molecule has 1 aromatic heterocycles. The molecule has 0 atom stereocenters. The third kappa shape index (κ3) is 4.90. The maximum Gasteiger partial charge on any atom is 0.257 e. The lowest BCUT2D eigenvalue weighted by Gasteiger charge is -2.20. The first-order chi connectivity index (χ1) is 13.0. The molecule has 0 bridgehead atoms. The van der Waals surface area contributed by atoms with Crippen molar-refractivity contribution in [1.82, 2.24) is 20.2 Å². The minimum absolute atomic E-state index is 0.0802. The molecule has 1 aliphatic rings. The summed E-state index contributed by atoms with van der Waals surface area (Å²) in [5.74, 6) is 0.880. The highest BCUT2D eigenvalue weighted by Gasteiger charge is 2.25. The minimum Gasteiger partial charge on any atom is -0.355 e. The molecular formula is C21H26N4O2. The van der Waals surface area contributed by atoms with Crippen LogP contribution in [0.25, 0.3) is 11.4 Å². The van der Waals surface area contributed by atoms with Crippen LogP contribution < -0.4 is 5.32 Å². The van der Waals surface area contributed by atoms with Gasteiger partial charge in [-0.05, 0) is 25.2 Å². The monoisotopic (exact) mass is 366 g/mol. The maximum atomic E-state index is 12.9. The Morgan fingerprint density at radius 1 is 1.26 bits per heavy atom. The molecule has 2 aromatic rings. The van der Waals surface area contributed by atoms with E-state index < -0.39 is 0 Å². The summed E-state index contributed by atoms with van der Waals surface area (Å²) in [7, 11) is 0. The Morgan fingerprint density at radius 2 is 2.04 bits per heavy atom. The van der Waals surface area contributed by atoms with E-state index in [1.165, 1.54) is 0 Å². The third-order valence-electron chi connectivity index (χ3n) is 4.64. The van der Waals surface area contributed by atoms with Crippen LogP contribution in [0.5, 0.6) is 0 Å².